The van der Waals surface area contributed by atoms with Crippen molar-refractivity contribution in [1.29, 1.82) is 5.26 Å². The van der Waals surface area contributed by atoms with E-state index >= 15 is 0 Å². The molecular formula is C17H20N2O4S. The minimum Gasteiger partial charge on any atom is -0.481 e. The van der Waals surface area contributed by atoms with Crippen LogP contribution in [0.4, 0.5) is 0 Å². The van der Waals surface area contributed by atoms with Gasteiger partial charge in [-0.25, -0.2) is 0 Å². The Labute approximate surface area is 145 Å². The summed E-state index contributed by atoms with van der Waals surface area (Å²) in [6.07, 6.45) is 0.419. The Morgan fingerprint density at radius 3 is 2.71 bits per heavy atom. The number of carboxylic acid groups (broad SMARTS) is 1. The van der Waals surface area contributed by atoms with E-state index in [9.17, 15) is 14.7 Å². The molecule has 1 unspecified atom stereocenters. The Kier molecular flexibility index (Phi) is 6.23. The summed E-state index contributed by atoms with van der Waals surface area (Å²) < 4.78 is 5.03. The second-order valence-electron chi connectivity index (χ2n) is 5.89. The van der Waals surface area contributed by atoms with Gasteiger partial charge in [-0.2, -0.15) is 5.26 Å². The predicted molar refractivity (Wildman–Crippen MR) is 90.5 cm³/mol. The smallest absolute Gasteiger partial charge is 0.313 e. The van der Waals surface area contributed by atoms with E-state index in [0.29, 0.717) is 30.0 Å². The maximum Gasteiger partial charge on any atom is 0.313 e. The minimum absolute atomic E-state index is 0.0483. The van der Waals surface area contributed by atoms with E-state index < -0.39 is 11.4 Å². The standard InChI is InChI=1S/C17H20N2O4S/c1-23-12-17(16(21)22)6-7-19(11-17)15(20)10-24-9-14-4-2-13(8-18)3-5-14/h2-5H,6-7,9-12H2,1H3,(H,21,22). The second kappa shape index (κ2) is 8.18. The number of methoxy groups -OCH3 is 1. The Morgan fingerprint density at radius 1 is 1.42 bits per heavy atom. The molecule has 1 heterocycles. The zero-order valence-corrected chi connectivity index (χ0v) is 14.3. The van der Waals surface area contributed by atoms with Crippen molar-refractivity contribution in [2.24, 2.45) is 5.41 Å². The summed E-state index contributed by atoms with van der Waals surface area (Å²) in [6.45, 7) is 0.767. The molecule has 0 spiro atoms. The maximum atomic E-state index is 12.3. The first-order valence-electron chi connectivity index (χ1n) is 7.57. The summed E-state index contributed by atoms with van der Waals surface area (Å²) in [5.41, 5.74) is 0.676. The Bertz CT molecular complexity index is 641. The van der Waals surface area contributed by atoms with Crippen molar-refractivity contribution < 1.29 is 19.4 Å². The van der Waals surface area contributed by atoms with Gasteiger partial charge >= 0.3 is 5.97 Å². The number of carbonyl (C=O) groups excluding carboxylic acids is 1. The zero-order chi connectivity index (χ0) is 17.6. The van der Waals surface area contributed by atoms with Crippen LogP contribution in [0.5, 0.6) is 0 Å². The number of ether oxygens (including phenoxy) is 1. The highest BCUT2D eigenvalue weighted by atomic mass is 32.2. The molecule has 128 valence electrons. The molecule has 1 saturated heterocycles. The summed E-state index contributed by atoms with van der Waals surface area (Å²) in [5.74, 6) is 0.0218. The van der Waals surface area contributed by atoms with Gasteiger partial charge in [0.2, 0.25) is 5.91 Å². The first-order chi connectivity index (χ1) is 11.5. The molecule has 7 heteroatoms. The average Bonchev–Trinajstić information content (AvgIpc) is 3.01. The van der Waals surface area contributed by atoms with Crippen molar-refractivity contribution in [1.82, 2.24) is 4.90 Å². The number of aliphatic carboxylic acids is 1. The van der Waals surface area contributed by atoms with E-state index in [0.717, 1.165) is 5.56 Å². The number of likely N-dealkylation sites (tertiary alicyclic amines) is 1. The van der Waals surface area contributed by atoms with E-state index in [1.807, 2.05) is 12.1 Å². The summed E-state index contributed by atoms with van der Waals surface area (Å²) in [6, 6.07) is 9.32. The fourth-order valence-corrected chi connectivity index (χ4v) is 3.63. The maximum absolute atomic E-state index is 12.3. The second-order valence-corrected chi connectivity index (χ2v) is 6.87. The van der Waals surface area contributed by atoms with E-state index in [2.05, 4.69) is 6.07 Å². The molecule has 0 aliphatic carbocycles. The Balaban J connectivity index is 1.82. The molecule has 1 atom stereocenters. The molecule has 1 aromatic rings. The Morgan fingerprint density at radius 2 is 2.12 bits per heavy atom. The quantitative estimate of drug-likeness (QED) is 0.807. The third-order valence-electron chi connectivity index (χ3n) is 4.16. The number of thioether (sulfide) groups is 1. The van der Waals surface area contributed by atoms with Gasteiger partial charge in [0, 0.05) is 26.0 Å². The minimum atomic E-state index is -0.984. The van der Waals surface area contributed by atoms with Gasteiger partial charge in [-0.05, 0) is 24.1 Å². The molecule has 0 aromatic heterocycles. The largest absolute Gasteiger partial charge is 0.481 e. The molecule has 6 nitrogen and oxygen atoms in total. The number of carbonyl (C=O) groups is 2. The van der Waals surface area contributed by atoms with Crippen LogP contribution in [0, 0.1) is 16.7 Å². The van der Waals surface area contributed by atoms with Gasteiger partial charge in [0.25, 0.3) is 0 Å². The predicted octanol–water partition coefficient (Wildman–Crippen LogP) is 1.74. The number of rotatable bonds is 7. The monoisotopic (exact) mass is 348 g/mol. The molecule has 0 saturated carbocycles. The lowest BCUT2D eigenvalue weighted by Gasteiger charge is -2.23. The summed E-state index contributed by atoms with van der Waals surface area (Å²) in [7, 11) is 1.47. The molecule has 1 amide bonds. The highest BCUT2D eigenvalue weighted by Gasteiger charge is 2.46. The number of carboxylic acids is 1. The third kappa shape index (κ3) is 4.28. The van der Waals surface area contributed by atoms with Crippen LogP contribution in [0.1, 0.15) is 17.5 Å². The van der Waals surface area contributed by atoms with Crippen LogP contribution in [0.2, 0.25) is 0 Å². The number of hydrogen-bond donors (Lipinski definition) is 1. The number of hydrogen-bond acceptors (Lipinski definition) is 5. The van der Waals surface area contributed by atoms with Gasteiger partial charge in [0.1, 0.15) is 5.41 Å². The van der Waals surface area contributed by atoms with Gasteiger partial charge in [-0.1, -0.05) is 12.1 Å². The van der Waals surface area contributed by atoms with Gasteiger partial charge < -0.3 is 14.7 Å². The van der Waals surface area contributed by atoms with Crippen molar-refractivity contribution in [2.75, 3.05) is 32.6 Å². The zero-order valence-electron chi connectivity index (χ0n) is 13.5. The van der Waals surface area contributed by atoms with Crippen LogP contribution in [0.3, 0.4) is 0 Å². The van der Waals surface area contributed by atoms with Crippen LogP contribution in [0.15, 0.2) is 24.3 Å². The topological polar surface area (TPSA) is 90.6 Å². The lowest BCUT2D eigenvalue weighted by molar-refractivity contribution is -0.151. The van der Waals surface area contributed by atoms with Crippen molar-refractivity contribution in [2.45, 2.75) is 12.2 Å². The van der Waals surface area contributed by atoms with Crippen molar-refractivity contribution in [3.63, 3.8) is 0 Å². The fourth-order valence-electron chi connectivity index (χ4n) is 2.74. The normalized spacial score (nSPS) is 19.9. The van der Waals surface area contributed by atoms with Crippen LogP contribution in [-0.4, -0.2) is 54.4 Å². The third-order valence-corrected chi connectivity index (χ3v) is 5.15. The SMILES string of the molecule is COCC1(C(=O)O)CCN(C(=O)CSCc2ccc(C#N)cc2)C1. The number of nitriles is 1. The highest BCUT2D eigenvalue weighted by molar-refractivity contribution is 7.99. The summed E-state index contributed by atoms with van der Waals surface area (Å²) in [5, 5.41) is 18.2. The van der Waals surface area contributed by atoms with Gasteiger partial charge in [0.15, 0.2) is 0 Å². The van der Waals surface area contributed by atoms with Gasteiger partial charge in [-0.3, -0.25) is 9.59 Å². The van der Waals surface area contributed by atoms with Crippen LogP contribution >= 0.6 is 11.8 Å². The fraction of sp³-hybridized carbons (Fsp3) is 0.471. The van der Waals surface area contributed by atoms with Crippen molar-refractivity contribution >= 4 is 23.6 Å². The van der Waals surface area contributed by atoms with Gasteiger partial charge in [0.05, 0.1) is 24.0 Å². The number of benzene rings is 1. The summed E-state index contributed by atoms with van der Waals surface area (Å²) in [4.78, 5) is 25.4. The molecular weight excluding hydrogens is 328 g/mol. The van der Waals surface area contributed by atoms with Crippen molar-refractivity contribution in [3.05, 3.63) is 35.4 Å². The molecule has 1 N–H and O–H groups in total. The van der Waals surface area contributed by atoms with E-state index in [-0.39, 0.29) is 19.1 Å². The van der Waals surface area contributed by atoms with Gasteiger partial charge in [-0.15, -0.1) is 11.8 Å². The molecule has 24 heavy (non-hydrogen) atoms. The molecule has 0 bridgehead atoms. The molecule has 1 aliphatic rings. The first-order valence-corrected chi connectivity index (χ1v) is 8.73. The van der Waals surface area contributed by atoms with Crippen LogP contribution in [0.25, 0.3) is 0 Å². The lowest BCUT2D eigenvalue weighted by atomic mass is 9.88. The van der Waals surface area contributed by atoms with Crippen molar-refractivity contribution in [3.8, 4) is 6.07 Å². The summed E-state index contributed by atoms with van der Waals surface area (Å²) >= 11 is 1.48. The van der Waals surface area contributed by atoms with Crippen LogP contribution < -0.4 is 0 Å². The number of nitrogens with zero attached hydrogens (tertiary/aromatic N) is 2. The van der Waals surface area contributed by atoms with Crippen LogP contribution in [-0.2, 0) is 20.1 Å². The molecule has 2 rings (SSSR count). The molecule has 0 radical (unpaired) electrons. The van der Waals surface area contributed by atoms with E-state index in [1.54, 1.807) is 17.0 Å². The first kappa shape index (κ1) is 18.3. The van der Waals surface area contributed by atoms with E-state index in [4.69, 9.17) is 10.00 Å². The van der Waals surface area contributed by atoms with E-state index in [1.165, 1.54) is 18.9 Å². The highest BCUT2D eigenvalue weighted by Crippen LogP contribution is 2.31. The molecule has 1 aliphatic heterocycles. The molecule has 1 aromatic carbocycles. The Hall–Kier alpha value is -2.04. The molecule has 1 fully saturated rings. The lowest BCUT2D eigenvalue weighted by Crippen LogP contribution is -2.40. The average molecular weight is 348 g/mol. The number of amides is 1.